The number of rotatable bonds is 9. The molecule has 146 valence electrons. The standard InChI is InChI=1S/C18H20N6OS3/c1-4-10-24-15(11-26-14-8-6-5-7-9-14)21-23-18(24)27-12(2)16(25)19-17-22-20-13(3)28-17/h4-9,12H,1,10-11H2,2-3H3,(H,19,22,25). The first-order valence-corrected chi connectivity index (χ1v) is 11.2. The van der Waals surface area contributed by atoms with Gasteiger partial charge >= 0.3 is 0 Å². The topological polar surface area (TPSA) is 85.6 Å². The fraction of sp³-hybridized carbons (Fsp3) is 0.278. The molecule has 7 nitrogen and oxygen atoms in total. The quantitative estimate of drug-likeness (QED) is 0.403. The summed E-state index contributed by atoms with van der Waals surface area (Å²) in [5, 5.41) is 20.9. The Morgan fingerprint density at radius 3 is 2.75 bits per heavy atom. The summed E-state index contributed by atoms with van der Waals surface area (Å²) in [5.74, 6) is 1.40. The second kappa shape index (κ2) is 9.85. The molecule has 0 radical (unpaired) electrons. The molecule has 10 heteroatoms. The van der Waals surface area contributed by atoms with E-state index in [-0.39, 0.29) is 11.2 Å². The number of allylic oxidation sites excluding steroid dienone is 1. The third-order valence-corrected chi connectivity index (χ3v) is 6.47. The molecule has 1 amide bonds. The molecule has 0 saturated heterocycles. The Morgan fingerprint density at radius 2 is 2.07 bits per heavy atom. The van der Waals surface area contributed by atoms with Crippen LogP contribution in [0.2, 0.25) is 0 Å². The van der Waals surface area contributed by atoms with Gasteiger partial charge in [0.1, 0.15) is 10.8 Å². The molecular weight excluding hydrogens is 412 g/mol. The number of nitrogens with one attached hydrogen (secondary N) is 1. The van der Waals surface area contributed by atoms with E-state index in [0.29, 0.717) is 22.6 Å². The Kier molecular flexibility index (Phi) is 7.24. The number of aromatic nitrogens is 5. The number of benzene rings is 1. The van der Waals surface area contributed by atoms with Crippen molar-refractivity contribution in [1.82, 2.24) is 25.0 Å². The van der Waals surface area contributed by atoms with E-state index in [1.165, 1.54) is 28.0 Å². The first kappa shape index (κ1) is 20.6. The molecule has 0 spiro atoms. The van der Waals surface area contributed by atoms with Gasteiger partial charge in [0.25, 0.3) is 0 Å². The highest BCUT2D eigenvalue weighted by Gasteiger charge is 2.21. The van der Waals surface area contributed by atoms with Gasteiger partial charge in [-0.25, -0.2) is 0 Å². The summed E-state index contributed by atoms with van der Waals surface area (Å²) >= 11 is 4.41. The van der Waals surface area contributed by atoms with Crippen molar-refractivity contribution in [3.05, 3.63) is 53.8 Å². The molecule has 3 rings (SSSR count). The molecule has 1 unspecified atom stereocenters. The zero-order valence-electron chi connectivity index (χ0n) is 15.5. The third kappa shape index (κ3) is 5.43. The van der Waals surface area contributed by atoms with Crippen LogP contribution in [0.3, 0.4) is 0 Å². The first-order valence-electron chi connectivity index (χ1n) is 8.55. The molecule has 3 aromatic rings. The third-order valence-electron chi connectivity index (χ3n) is 3.62. The zero-order valence-corrected chi connectivity index (χ0v) is 18.0. The van der Waals surface area contributed by atoms with E-state index < -0.39 is 0 Å². The fourth-order valence-electron chi connectivity index (χ4n) is 2.26. The van der Waals surface area contributed by atoms with Crippen molar-refractivity contribution < 1.29 is 4.79 Å². The number of amides is 1. The van der Waals surface area contributed by atoms with E-state index in [4.69, 9.17) is 0 Å². The molecule has 2 heterocycles. The van der Waals surface area contributed by atoms with Gasteiger partial charge in [-0.1, -0.05) is 47.4 Å². The van der Waals surface area contributed by atoms with Crippen molar-refractivity contribution in [2.24, 2.45) is 0 Å². The van der Waals surface area contributed by atoms with Crippen molar-refractivity contribution in [2.45, 2.75) is 41.4 Å². The van der Waals surface area contributed by atoms with Gasteiger partial charge in [0.05, 0.1) is 11.0 Å². The SMILES string of the molecule is C=CCn1c(CSc2ccccc2)nnc1SC(C)C(=O)Nc1nnc(C)s1. The van der Waals surface area contributed by atoms with E-state index in [1.807, 2.05) is 36.6 Å². The molecule has 0 aliphatic rings. The van der Waals surface area contributed by atoms with Crippen LogP contribution >= 0.6 is 34.9 Å². The normalized spacial score (nSPS) is 11.9. The number of hydrogen-bond acceptors (Lipinski definition) is 8. The van der Waals surface area contributed by atoms with Crippen LogP contribution in [0.5, 0.6) is 0 Å². The summed E-state index contributed by atoms with van der Waals surface area (Å²) in [6, 6.07) is 10.1. The number of hydrogen-bond donors (Lipinski definition) is 1. The number of carbonyl (C=O) groups is 1. The minimum atomic E-state index is -0.355. The van der Waals surface area contributed by atoms with Gasteiger partial charge in [0.15, 0.2) is 5.16 Å². The highest BCUT2D eigenvalue weighted by Crippen LogP contribution is 2.27. The average molecular weight is 433 g/mol. The maximum atomic E-state index is 12.4. The van der Waals surface area contributed by atoms with E-state index in [0.717, 1.165) is 10.8 Å². The largest absolute Gasteiger partial charge is 0.301 e. The zero-order chi connectivity index (χ0) is 19.9. The minimum absolute atomic E-state index is 0.144. The van der Waals surface area contributed by atoms with Gasteiger partial charge in [-0.05, 0) is 26.0 Å². The number of carbonyl (C=O) groups excluding carboxylic acids is 1. The van der Waals surface area contributed by atoms with Crippen molar-refractivity contribution >= 4 is 45.9 Å². The predicted octanol–water partition coefficient (Wildman–Crippen LogP) is 4.04. The molecule has 0 aliphatic carbocycles. The van der Waals surface area contributed by atoms with Crippen LogP contribution in [0.1, 0.15) is 17.8 Å². The molecular formula is C18H20N6OS3. The van der Waals surface area contributed by atoms with E-state index in [9.17, 15) is 4.79 Å². The van der Waals surface area contributed by atoms with E-state index >= 15 is 0 Å². The van der Waals surface area contributed by atoms with E-state index in [2.05, 4.69) is 44.4 Å². The predicted molar refractivity (Wildman–Crippen MR) is 115 cm³/mol. The van der Waals surface area contributed by atoms with Crippen LogP contribution in [0.25, 0.3) is 0 Å². The molecule has 0 fully saturated rings. The van der Waals surface area contributed by atoms with Crippen LogP contribution in [-0.2, 0) is 17.1 Å². The van der Waals surface area contributed by atoms with Gasteiger partial charge in [-0.2, -0.15) is 0 Å². The Bertz CT molecular complexity index is 940. The number of aryl methyl sites for hydroxylation is 1. The summed E-state index contributed by atoms with van der Waals surface area (Å²) < 4.78 is 1.99. The van der Waals surface area contributed by atoms with Crippen LogP contribution in [0.4, 0.5) is 5.13 Å². The summed E-state index contributed by atoms with van der Waals surface area (Å²) in [4.78, 5) is 13.6. The second-order valence-electron chi connectivity index (χ2n) is 5.78. The molecule has 28 heavy (non-hydrogen) atoms. The molecule has 1 atom stereocenters. The molecule has 0 saturated carbocycles. The number of anilines is 1. The lowest BCUT2D eigenvalue weighted by Gasteiger charge is -2.11. The first-order chi connectivity index (χ1) is 13.6. The van der Waals surface area contributed by atoms with E-state index in [1.54, 1.807) is 17.8 Å². The minimum Gasteiger partial charge on any atom is -0.301 e. The Balaban J connectivity index is 1.66. The van der Waals surface area contributed by atoms with Gasteiger partial charge < -0.3 is 4.57 Å². The molecule has 2 aromatic heterocycles. The van der Waals surface area contributed by atoms with Crippen molar-refractivity contribution in [1.29, 1.82) is 0 Å². The van der Waals surface area contributed by atoms with Gasteiger partial charge in [-0.15, -0.1) is 38.7 Å². The molecule has 1 N–H and O–H groups in total. The molecule has 0 bridgehead atoms. The average Bonchev–Trinajstić information content (AvgIpc) is 3.27. The molecule has 1 aromatic carbocycles. The van der Waals surface area contributed by atoms with Crippen LogP contribution in [-0.4, -0.2) is 36.1 Å². The van der Waals surface area contributed by atoms with Crippen LogP contribution in [0.15, 0.2) is 53.0 Å². The summed E-state index contributed by atoms with van der Waals surface area (Å²) in [7, 11) is 0. The van der Waals surface area contributed by atoms with Gasteiger partial charge in [-0.3, -0.25) is 10.1 Å². The molecule has 0 aliphatic heterocycles. The second-order valence-corrected chi connectivity index (χ2v) is 9.31. The van der Waals surface area contributed by atoms with Crippen molar-refractivity contribution in [2.75, 3.05) is 5.32 Å². The summed E-state index contributed by atoms with van der Waals surface area (Å²) in [6.07, 6.45) is 1.80. The lowest BCUT2D eigenvalue weighted by molar-refractivity contribution is -0.115. The van der Waals surface area contributed by atoms with Crippen LogP contribution in [0, 0.1) is 6.92 Å². The smallest absolute Gasteiger partial charge is 0.239 e. The fourth-order valence-corrected chi connectivity index (χ4v) is 4.59. The Labute approximate surface area is 176 Å². The monoisotopic (exact) mass is 432 g/mol. The Hall–Kier alpha value is -2.17. The highest BCUT2D eigenvalue weighted by atomic mass is 32.2. The lowest BCUT2D eigenvalue weighted by Crippen LogP contribution is -2.23. The summed E-state index contributed by atoms with van der Waals surface area (Å²) in [6.45, 7) is 8.09. The number of thioether (sulfide) groups is 2. The van der Waals surface area contributed by atoms with Crippen molar-refractivity contribution in [3.63, 3.8) is 0 Å². The lowest BCUT2D eigenvalue weighted by atomic mass is 10.4. The van der Waals surface area contributed by atoms with Crippen LogP contribution < -0.4 is 5.32 Å². The number of nitrogens with zero attached hydrogens (tertiary/aromatic N) is 5. The summed E-state index contributed by atoms with van der Waals surface area (Å²) in [5.41, 5.74) is 0. The van der Waals surface area contributed by atoms with Gasteiger partial charge in [0, 0.05) is 11.4 Å². The maximum absolute atomic E-state index is 12.4. The Morgan fingerprint density at radius 1 is 1.29 bits per heavy atom. The highest BCUT2D eigenvalue weighted by molar-refractivity contribution is 8.00. The maximum Gasteiger partial charge on any atom is 0.239 e. The van der Waals surface area contributed by atoms with Gasteiger partial charge in [0.2, 0.25) is 11.0 Å². The van der Waals surface area contributed by atoms with Crippen molar-refractivity contribution in [3.8, 4) is 0 Å².